The van der Waals surface area contributed by atoms with Gasteiger partial charge in [-0.25, -0.2) is 4.79 Å². The Labute approximate surface area is 84.2 Å². The molecule has 1 unspecified atom stereocenters. The molecule has 7 heteroatoms. The van der Waals surface area contributed by atoms with E-state index in [0.29, 0.717) is 0 Å². The zero-order valence-electron chi connectivity index (χ0n) is 8.03. The number of aliphatic hydroxyl groups excluding tert-OH is 1. The molecule has 1 amide bonds. The van der Waals surface area contributed by atoms with Crippen molar-refractivity contribution < 1.29 is 9.90 Å². The molecule has 1 heterocycles. The van der Waals surface area contributed by atoms with Crippen molar-refractivity contribution in [3.05, 3.63) is 32.6 Å². The van der Waals surface area contributed by atoms with Crippen molar-refractivity contribution in [2.24, 2.45) is 0 Å². The van der Waals surface area contributed by atoms with Crippen molar-refractivity contribution in [2.45, 2.75) is 13.0 Å². The largest absolute Gasteiger partial charge is 0.392 e. The molecule has 0 aromatic carbocycles. The van der Waals surface area contributed by atoms with Gasteiger partial charge in [-0.15, -0.1) is 0 Å². The van der Waals surface area contributed by atoms with Crippen molar-refractivity contribution in [2.75, 3.05) is 6.54 Å². The first-order chi connectivity index (χ1) is 7.00. The van der Waals surface area contributed by atoms with Crippen LogP contribution in [-0.4, -0.2) is 33.6 Å². The monoisotopic (exact) mass is 213 g/mol. The third-order valence-corrected chi connectivity index (χ3v) is 1.62. The predicted octanol–water partition coefficient (Wildman–Crippen LogP) is -1.83. The first-order valence-electron chi connectivity index (χ1n) is 4.29. The number of aromatic amines is 2. The molecule has 0 saturated carbocycles. The first-order valence-corrected chi connectivity index (χ1v) is 4.29. The number of amides is 1. The Balaban J connectivity index is 2.83. The molecule has 0 fully saturated rings. The number of nitrogens with one attached hydrogen (secondary N) is 3. The van der Waals surface area contributed by atoms with E-state index in [-0.39, 0.29) is 12.1 Å². The van der Waals surface area contributed by atoms with Crippen LogP contribution in [0.4, 0.5) is 0 Å². The van der Waals surface area contributed by atoms with Crippen LogP contribution in [0.3, 0.4) is 0 Å². The number of H-pyrrole nitrogens is 2. The van der Waals surface area contributed by atoms with Gasteiger partial charge in [0.25, 0.3) is 11.5 Å². The van der Waals surface area contributed by atoms with Gasteiger partial charge in [0.15, 0.2) is 0 Å². The Morgan fingerprint density at radius 3 is 2.80 bits per heavy atom. The molecule has 0 aliphatic carbocycles. The molecule has 0 saturated heterocycles. The van der Waals surface area contributed by atoms with E-state index in [1.54, 1.807) is 0 Å². The normalized spacial score (nSPS) is 12.1. The number of hydrogen-bond acceptors (Lipinski definition) is 4. The van der Waals surface area contributed by atoms with Crippen molar-refractivity contribution in [3.63, 3.8) is 0 Å². The molecule has 15 heavy (non-hydrogen) atoms. The summed E-state index contributed by atoms with van der Waals surface area (Å²) in [4.78, 5) is 37.2. The van der Waals surface area contributed by atoms with Crippen LogP contribution in [0.25, 0.3) is 0 Å². The van der Waals surface area contributed by atoms with Gasteiger partial charge in [-0.1, -0.05) is 0 Å². The number of hydrogen-bond donors (Lipinski definition) is 4. The summed E-state index contributed by atoms with van der Waals surface area (Å²) in [7, 11) is 0. The maximum Gasteiger partial charge on any atom is 0.325 e. The van der Waals surface area contributed by atoms with Crippen LogP contribution < -0.4 is 16.6 Å². The highest BCUT2D eigenvalue weighted by Crippen LogP contribution is 1.85. The van der Waals surface area contributed by atoms with E-state index < -0.39 is 23.3 Å². The molecule has 0 radical (unpaired) electrons. The van der Waals surface area contributed by atoms with Crippen molar-refractivity contribution in [1.82, 2.24) is 15.3 Å². The second-order valence-electron chi connectivity index (χ2n) is 3.04. The van der Waals surface area contributed by atoms with Crippen molar-refractivity contribution >= 4 is 5.91 Å². The van der Waals surface area contributed by atoms with Crippen molar-refractivity contribution in [1.29, 1.82) is 0 Å². The molecule has 1 aromatic heterocycles. The molecule has 4 N–H and O–H groups in total. The highest BCUT2D eigenvalue weighted by Gasteiger charge is 2.10. The molecule has 7 nitrogen and oxygen atoms in total. The van der Waals surface area contributed by atoms with Gasteiger partial charge in [-0.2, -0.15) is 0 Å². The Kier molecular flexibility index (Phi) is 3.40. The number of aromatic nitrogens is 2. The quantitative estimate of drug-likeness (QED) is 0.473. The third kappa shape index (κ3) is 3.06. The summed E-state index contributed by atoms with van der Waals surface area (Å²) in [5, 5.41) is 11.2. The topological polar surface area (TPSA) is 115 Å². The summed E-state index contributed by atoms with van der Waals surface area (Å²) in [5.74, 6) is -0.645. The van der Waals surface area contributed by atoms with Gasteiger partial charge in [-0.05, 0) is 6.92 Å². The zero-order chi connectivity index (χ0) is 11.4. The second kappa shape index (κ2) is 4.56. The third-order valence-electron chi connectivity index (χ3n) is 1.62. The fourth-order valence-corrected chi connectivity index (χ4v) is 0.914. The van der Waals surface area contributed by atoms with Crippen LogP contribution in [0.2, 0.25) is 0 Å². The van der Waals surface area contributed by atoms with Gasteiger partial charge in [0.2, 0.25) is 0 Å². The summed E-state index contributed by atoms with van der Waals surface area (Å²) in [5.41, 5.74) is -1.64. The van der Waals surface area contributed by atoms with Crippen LogP contribution in [0.15, 0.2) is 15.8 Å². The summed E-state index contributed by atoms with van der Waals surface area (Å²) >= 11 is 0. The highest BCUT2D eigenvalue weighted by atomic mass is 16.3. The number of rotatable bonds is 3. The Morgan fingerprint density at radius 1 is 1.60 bits per heavy atom. The Hall–Kier alpha value is -1.89. The summed E-state index contributed by atoms with van der Waals surface area (Å²) < 4.78 is 0. The lowest BCUT2D eigenvalue weighted by Gasteiger charge is -2.05. The molecule has 0 spiro atoms. The SMILES string of the molecule is CC(O)CNC(=O)c1c[nH]c(=O)[nH]c1=O. The molecule has 0 bridgehead atoms. The summed E-state index contributed by atoms with van der Waals surface area (Å²) in [6.45, 7) is 1.54. The smallest absolute Gasteiger partial charge is 0.325 e. The minimum absolute atomic E-state index is 0.0391. The van der Waals surface area contributed by atoms with Gasteiger partial charge in [0, 0.05) is 12.7 Å². The van der Waals surface area contributed by atoms with E-state index in [4.69, 9.17) is 5.11 Å². The molecule has 1 aromatic rings. The minimum Gasteiger partial charge on any atom is -0.392 e. The van der Waals surface area contributed by atoms with Crippen molar-refractivity contribution in [3.8, 4) is 0 Å². The van der Waals surface area contributed by atoms with E-state index >= 15 is 0 Å². The number of carbonyl (C=O) groups is 1. The Morgan fingerprint density at radius 2 is 2.27 bits per heavy atom. The fourth-order valence-electron chi connectivity index (χ4n) is 0.914. The molecular weight excluding hydrogens is 202 g/mol. The lowest BCUT2D eigenvalue weighted by Crippen LogP contribution is -2.36. The van der Waals surface area contributed by atoms with E-state index in [1.807, 2.05) is 4.98 Å². The highest BCUT2D eigenvalue weighted by molar-refractivity contribution is 5.93. The predicted molar refractivity (Wildman–Crippen MR) is 51.7 cm³/mol. The zero-order valence-corrected chi connectivity index (χ0v) is 8.03. The van der Waals surface area contributed by atoms with Gasteiger partial charge >= 0.3 is 5.69 Å². The van der Waals surface area contributed by atoms with E-state index in [2.05, 4.69) is 10.3 Å². The second-order valence-corrected chi connectivity index (χ2v) is 3.04. The van der Waals surface area contributed by atoms with Gasteiger partial charge < -0.3 is 15.4 Å². The fraction of sp³-hybridized carbons (Fsp3) is 0.375. The first kappa shape index (κ1) is 11.2. The Bertz CT molecular complexity index is 459. The maximum atomic E-state index is 11.3. The van der Waals surface area contributed by atoms with Crippen LogP contribution in [0.5, 0.6) is 0 Å². The van der Waals surface area contributed by atoms with E-state index in [9.17, 15) is 14.4 Å². The molecule has 0 aliphatic heterocycles. The van der Waals surface area contributed by atoms with Crippen LogP contribution in [-0.2, 0) is 0 Å². The average molecular weight is 213 g/mol. The van der Waals surface area contributed by atoms with Crippen LogP contribution >= 0.6 is 0 Å². The van der Waals surface area contributed by atoms with Gasteiger partial charge in [0.1, 0.15) is 5.56 Å². The lowest BCUT2D eigenvalue weighted by molar-refractivity contribution is 0.0922. The molecule has 1 rings (SSSR count). The molecule has 82 valence electrons. The number of aliphatic hydroxyl groups is 1. The van der Waals surface area contributed by atoms with Gasteiger partial charge in [-0.3, -0.25) is 14.6 Å². The van der Waals surface area contributed by atoms with Gasteiger partial charge in [0.05, 0.1) is 6.10 Å². The molecule has 0 aliphatic rings. The molecular formula is C8H11N3O4. The van der Waals surface area contributed by atoms with Crippen LogP contribution in [0, 0.1) is 0 Å². The maximum absolute atomic E-state index is 11.3. The molecule has 1 atom stereocenters. The summed E-state index contributed by atoms with van der Waals surface area (Å²) in [6, 6.07) is 0. The lowest BCUT2D eigenvalue weighted by atomic mass is 10.3. The minimum atomic E-state index is -0.762. The standard InChI is InChI=1S/C8H11N3O4/c1-4(12)2-9-6(13)5-3-10-8(15)11-7(5)14/h3-4,12H,2H2,1H3,(H,9,13)(H2,10,11,14,15). The average Bonchev–Trinajstić information content (AvgIpc) is 2.14. The van der Waals surface area contributed by atoms with E-state index in [0.717, 1.165) is 6.20 Å². The van der Waals surface area contributed by atoms with Crippen LogP contribution in [0.1, 0.15) is 17.3 Å². The summed E-state index contributed by atoms with van der Waals surface area (Å²) in [6.07, 6.45) is 0.328. The number of carbonyl (C=O) groups excluding carboxylic acids is 1. The van der Waals surface area contributed by atoms with E-state index in [1.165, 1.54) is 6.92 Å².